The Morgan fingerprint density at radius 2 is 2.18 bits per heavy atom. The van der Waals surface area contributed by atoms with E-state index >= 15 is 0 Å². The number of allylic oxidation sites excluding steroid dienone is 1. The summed E-state index contributed by atoms with van der Waals surface area (Å²) in [6.45, 7) is 4.66. The lowest BCUT2D eigenvalue weighted by atomic mass is 10.0. The summed E-state index contributed by atoms with van der Waals surface area (Å²) >= 11 is 4.85. The van der Waals surface area contributed by atoms with Crippen molar-refractivity contribution in [2.24, 2.45) is 0 Å². The number of halogens is 1. The number of carbonyl (C=O) groups excluding carboxylic acids is 2. The zero-order valence-electron chi connectivity index (χ0n) is 12.3. The van der Waals surface area contributed by atoms with Gasteiger partial charge in [0, 0.05) is 17.2 Å². The molecule has 6 nitrogen and oxygen atoms in total. The van der Waals surface area contributed by atoms with Gasteiger partial charge in [0.2, 0.25) is 0 Å². The zero-order valence-corrected chi connectivity index (χ0v) is 14.7. The van der Waals surface area contributed by atoms with Crippen LogP contribution in [0.3, 0.4) is 0 Å². The molecule has 8 heteroatoms. The van der Waals surface area contributed by atoms with Crippen LogP contribution in [0.15, 0.2) is 27.2 Å². The number of hydrogen-bond acceptors (Lipinski definition) is 5. The molecule has 120 valence electrons. The van der Waals surface area contributed by atoms with Gasteiger partial charge in [-0.2, -0.15) is 0 Å². The van der Waals surface area contributed by atoms with Gasteiger partial charge >= 0.3 is 12.0 Å². The number of thiophene rings is 1. The molecule has 1 atom stereocenters. The molecule has 0 saturated heterocycles. The van der Waals surface area contributed by atoms with Crippen LogP contribution in [0.5, 0.6) is 0 Å². The first-order valence-electron chi connectivity index (χ1n) is 6.81. The number of carbonyl (C=O) groups is 2. The third-order valence-electron chi connectivity index (χ3n) is 3.03. The average Bonchev–Trinajstić information content (AvgIpc) is 2.89. The van der Waals surface area contributed by atoms with E-state index < -0.39 is 12.0 Å². The van der Waals surface area contributed by atoms with Crippen LogP contribution in [0.25, 0.3) is 0 Å². The highest BCUT2D eigenvalue weighted by Gasteiger charge is 2.33. The van der Waals surface area contributed by atoms with Crippen LogP contribution in [0.4, 0.5) is 4.79 Å². The fourth-order valence-electron chi connectivity index (χ4n) is 2.08. The first-order chi connectivity index (χ1) is 10.5. The van der Waals surface area contributed by atoms with Gasteiger partial charge in [0.15, 0.2) is 0 Å². The molecular weight excluding hydrogens is 372 g/mol. The van der Waals surface area contributed by atoms with Crippen molar-refractivity contribution in [3.8, 4) is 0 Å². The summed E-state index contributed by atoms with van der Waals surface area (Å²) in [7, 11) is 0. The lowest BCUT2D eigenvalue weighted by molar-refractivity contribution is -0.141. The molecular formula is C14H17BrN2O4S. The number of ether oxygens (including phenoxy) is 2. The Kier molecular flexibility index (Phi) is 5.98. The minimum absolute atomic E-state index is 0.179. The van der Waals surface area contributed by atoms with Crippen molar-refractivity contribution in [1.82, 2.24) is 10.6 Å². The molecule has 0 aromatic carbocycles. The van der Waals surface area contributed by atoms with E-state index in [0.29, 0.717) is 24.5 Å². The summed E-state index contributed by atoms with van der Waals surface area (Å²) in [6.07, 6.45) is 0. The summed E-state index contributed by atoms with van der Waals surface area (Å²) in [6, 6.07) is 2.90. The van der Waals surface area contributed by atoms with E-state index in [0.717, 1.165) is 8.66 Å². The van der Waals surface area contributed by atoms with E-state index in [4.69, 9.17) is 9.47 Å². The van der Waals surface area contributed by atoms with Gasteiger partial charge < -0.3 is 20.1 Å². The van der Waals surface area contributed by atoms with E-state index in [2.05, 4.69) is 26.6 Å². The average molecular weight is 389 g/mol. The van der Waals surface area contributed by atoms with Crippen molar-refractivity contribution < 1.29 is 19.1 Å². The van der Waals surface area contributed by atoms with Gasteiger partial charge in [-0.1, -0.05) is 0 Å². The summed E-state index contributed by atoms with van der Waals surface area (Å²) in [4.78, 5) is 24.9. The monoisotopic (exact) mass is 388 g/mol. The molecule has 0 fully saturated rings. The quantitative estimate of drug-likeness (QED) is 0.580. The van der Waals surface area contributed by atoms with E-state index in [9.17, 15) is 9.59 Å². The molecule has 0 bridgehead atoms. The fraction of sp³-hybridized carbons (Fsp3) is 0.429. The molecule has 0 spiro atoms. The van der Waals surface area contributed by atoms with Crippen molar-refractivity contribution in [3.63, 3.8) is 0 Å². The third-order valence-corrected chi connectivity index (χ3v) is 4.72. The van der Waals surface area contributed by atoms with E-state index in [1.165, 1.54) is 11.3 Å². The van der Waals surface area contributed by atoms with Crippen LogP contribution < -0.4 is 10.6 Å². The second-order valence-corrected chi connectivity index (χ2v) is 7.04. The van der Waals surface area contributed by atoms with Crippen molar-refractivity contribution in [1.29, 1.82) is 0 Å². The Morgan fingerprint density at radius 1 is 1.41 bits per heavy atom. The van der Waals surface area contributed by atoms with Crippen LogP contribution in [0, 0.1) is 0 Å². The normalized spacial score (nSPS) is 18.0. The van der Waals surface area contributed by atoms with Gasteiger partial charge in [0.25, 0.3) is 0 Å². The predicted molar refractivity (Wildman–Crippen MR) is 86.6 cm³/mol. The standard InChI is InChI=1S/C14H17BrN2O4S/c1-3-20-6-7-21-13(18)11-8(2)16-14(19)17-12(11)9-4-5-10(15)22-9/h4-5,12H,3,6-7H2,1-2H3,(H2,16,17,19)/t12-/m0/s1. The van der Waals surface area contributed by atoms with Crippen LogP contribution in [0.2, 0.25) is 0 Å². The molecule has 1 aliphatic rings. The molecule has 2 rings (SSSR count). The Bertz CT molecular complexity index is 599. The van der Waals surface area contributed by atoms with Crippen molar-refractivity contribution >= 4 is 39.3 Å². The molecule has 2 N–H and O–H groups in total. The minimum atomic E-state index is -0.510. The fourth-order valence-corrected chi connectivity index (χ4v) is 3.56. The second-order valence-electron chi connectivity index (χ2n) is 4.54. The molecule has 1 aliphatic heterocycles. The topological polar surface area (TPSA) is 76.7 Å². The van der Waals surface area contributed by atoms with Crippen LogP contribution >= 0.6 is 27.3 Å². The molecule has 2 heterocycles. The molecule has 22 heavy (non-hydrogen) atoms. The SMILES string of the molecule is CCOCCOC(=O)C1=C(C)NC(=O)N[C@H]1c1ccc(Br)s1. The molecule has 1 aromatic heterocycles. The van der Waals surface area contributed by atoms with Gasteiger partial charge in [0.05, 0.1) is 22.0 Å². The Balaban J connectivity index is 2.17. The molecule has 0 unspecified atom stereocenters. The second kappa shape index (κ2) is 7.75. The zero-order chi connectivity index (χ0) is 16.1. The number of nitrogens with one attached hydrogen (secondary N) is 2. The number of amides is 2. The van der Waals surface area contributed by atoms with Crippen molar-refractivity contribution in [3.05, 3.63) is 32.1 Å². The molecule has 0 saturated carbocycles. The maximum absolute atomic E-state index is 12.3. The van der Waals surface area contributed by atoms with E-state index in [1.54, 1.807) is 6.92 Å². The summed E-state index contributed by atoms with van der Waals surface area (Å²) in [5.41, 5.74) is 0.908. The van der Waals surface area contributed by atoms with E-state index in [-0.39, 0.29) is 12.6 Å². The van der Waals surface area contributed by atoms with Crippen LogP contribution in [0.1, 0.15) is 24.8 Å². The largest absolute Gasteiger partial charge is 0.460 e. The maximum atomic E-state index is 12.3. The van der Waals surface area contributed by atoms with Gasteiger partial charge in [-0.25, -0.2) is 9.59 Å². The van der Waals surface area contributed by atoms with Crippen LogP contribution in [-0.2, 0) is 14.3 Å². The van der Waals surface area contributed by atoms with Gasteiger partial charge in [-0.05, 0) is 41.9 Å². The van der Waals surface area contributed by atoms with Gasteiger partial charge in [0.1, 0.15) is 6.61 Å². The van der Waals surface area contributed by atoms with Crippen molar-refractivity contribution in [2.75, 3.05) is 19.8 Å². The summed E-state index contributed by atoms with van der Waals surface area (Å²) in [5.74, 6) is -0.459. The number of esters is 1. The lowest BCUT2D eigenvalue weighted by Crippen LogP contribution is -2.45. The predicted octanol–water partition coefficient (Wildman–Crippen LogP) is 2.72. The smallest absolute Gasteiger partial charge is 0.338 e. The number of urea groups is 1. The third kappa shape index (κ3) is 4.08. The van der Waals surface area contributed by atoms with Gasteiger partial charge in [-0.15, -0.1) is 11.3 Å². The highest BCUT2D eigenvalue weighted by molar-refractivity contribution is 9.11. The first kappa shape index (κ1) is 17.0. The highest BCUT2D eigenvalue weighted by Crippen LogP contribution is 2.34. The summed E-state index contributed by atoms with van der Waals surface area (Å²) < 4.78 is 11.3. The number of rotatable bonds is 6. The van der Waals surface area contributed by atoms with Gasteiger partial charge in [-0.3, -0.25) is 0 Å². The number of hydrogen-bond donors (Lipinski definition) is 2. The molecule has 2 amide bonds. The van der Waals surface area contributed by atoms with E-state index in [1.807, 2.05) is 19.1 Å². The Hall–Kier alpha value is -1.38. The molecule has 0 aliphatic carbocycles. The molecule has 0 radical (unpaired) electrons. The Labute approximate surface area is 141 Å². The summed E-state index contributed by atoms with van der Waals surface area (Å²) in [5, 5.41) is 5.37. The maximum Gasteiger partial charge on any atom is 0.338 e. The van der Waals surface area contributed by atoms with Crippen molar-refractivity contribution in [2.45, 2.75) is 19.9 Å². The van der Waals surface area contributed by atoms with Crippen LogP contribution in [-0.4, -0.2) is 31.8 Å². The Morgan fingerprint density at radius 3 is 2.82 bits per heavy atom. The first-order valence-corrected chi connectivity index (χ1v) is 8.42. The highest BCUT2D eigenvalue weighted by atomic mass is 79.9. The minimum Gasteiger partial charge on any atom is -0.460 e. The lowest BCUT2D eigenvalue weighted by Gasteiger charge is -2.27. The molecule has 1 aromatic rings.